The standard InChI is InChI=1S/C13H14N4O3/c1-8(6-12(14)18)15-13-5-2-9-7-10(17(19)20)3-4-11(9)16-13/h2-5,7-8H,6H2,1H3,(H2,14,18)(H,15,16). The fraction of sp³-hybridized carbons (Fsp3) is 0.231. The summed E-state index contributed by atoms with van der Waals surface area (Å²) in [5.41, 5.74) is 5.79. The van der Waals surface area contributed by atoms with E-state index in [9.17, 15) is 14.9 Å². The fourth-order valence-corrected chi connectivity index (χ4v) is 1.91. The third-order valence-corrected chi connectivity index (χ3v) is 2.79. The van der Waals surface area contributed by atoms with Crippen molar-refractivity contribution in [2.45, 2.75) is 19.4 Å². The van der Waals surface area contributed by atoms with Gasteiger partial charge < -0.3 is 11.1 Å². The highest BCUT2D eigenvalue weighted by Gasteiger charge is 2.09. The van der Waals surface area contributed by atoms with Gasteiger partial charge in [0, 0.05) is 30.0 Å². The predicted octanol–water partition coefficient (Wildman–Crippen LogP) is 1.82. The zero-order valence-electron chi connectivity index (χ0n) is 10.9. The number of anilines is 1. The molecule has 20 heavy (non-hydrogen) atoms. The van der Waals surface area contributed by atoms with Crippen molar-refractivity contribution < 1.29 is 9.72 Å². The summed E-state index contributed by atoms with van der Waals surface area (Å²) in [6, 6.07) is 7.80. The molecule has 0 spiro atoms. The molecule has 0 aliphatic rings. The molecule has 1 amide bonds. The Balaban J connectivity index is 2.23. The molecule has 0 fully saturated rings. The second kappa shape index (κ2) is 5.52. The minimum atomic E-state index is -0.444. The number of rotatable bonds is 5. The van der Waals surface area contributed by atoms with Crippen LogP contribution in [-0.4, -0.2) is 21.9 Å². The van der Waals surface area contributed by atoms with Crippen LogP contribution in [-0.2, 0) is 4.79 Å². The number of pyridine rings is 1. The number of nitrogens with zero attached hydrogens (tertiary/aromatic N) is 2. The number of primary amides is 1. The number of nitrogens with one attached hydrogen (secondary N) is 1. The number of benzene rings is 1. The lowest BCUT2D eigenvalue weighted by molar-refractivity contribution is -0.384. The molecule has 7 nitrogen and oxygen atoms in total. The lowest BCUT2D eigenvalue weighted by Crippen LogP contribution is -2.24. The minimum absolute atomic E-state index is 0.0297. The van der Waals surface area contributed by atoms with Crippen LogP contribution in [0.3, 0.4) is 0 Å². The van der Waals surface area contributed by atoms with Crippen LogP contribution in [0.4, 0.5) is 11.5 Å². The van der Waals surface area contributed by atoms with E-state index >= 15 is 0 Å². The third-order valence-electron chi connectivity index (χ3n) is 2.79. The topological polar surface area (TPSA) is 111 Å². The lowest BCUT2D eigenvalue weighted by Gasteiger charge is -2.12. The molecule has 0 saturated heterocycles. The van der Waals surface area contributed by atoms with Crippen LogP contribution in [0.2, 0.25) is 0 Å². The highest BCUT2D eigenvalue weighted by molar-refractivity contribution is 5.82. The molecule has 1 atom stereocenters. The largest absolute Gasteiger partial charge is 0.370 e. The number of hydrogen-bond donors (Lipinski definition) is 2. The molecule has 1 aromatic heterocycles. The third kappa shape index (κ3) is 3.19. The van der Waals surface area contributed by atoms with Gasteiger partial charge in [0.1, 0.15) is 5.82 Å². The van der Waals surface area contributed by atoms with Crippen molar-refractivity contribution in [2.24, 2.45) is 5.73 Å². The van der Waals surface area contributed by atoms with Gasteiger partial charge in [-0.3, -0.25) is 14.9 Å². The van der Waals surface area contributed by atoms with Crippen LogP contribution in [0, 0.1) is 10.1 Å². The van der Waals surface area contributed by atoms with Gasteiger partial charge in [-0.1, -0.05) is 0 Å². The van der Waals surface area contributed by atoms with Crippen LogP contribution in [0.25, 0.3) is 10.9 Å². The average Bonchev–Trinajstić information content (AvgIpc) is 2.36. The maximum Gasteiger partial charge on any atom is 0.270 e. The Bertz CT molecular complexity index is 672. The Morgan fingerprint density at radius 2 is 2.20 bits per heavy atom. The van der Waals surface area contributed by atoms with Crippen molar-refractivity contribution in [1.29, 1.82) is 0 Å². The second-order valence-corrected chi connectivity index (χ2v) is 4.55. The monoisotopic (exact) mass is 274 g/mol. The Labute approximate surface area is 114 Å². The van der Waals surface area contributed by atoms with Crippen LogP contribution in [0.1, 0.15) is 13.3 Å². The van der Waals surface area contributed by atoms with Crippen molar-refractivity contribution in [3.05, 3.63) is 40.4 Å². The molecule has 0 aliphatic heterocycles. The van der Waals surface area contributed by atoms with Gasteiger partial charge in [-0.25, -0.2) is 4.98 Å². The average molecular weight is 274 g/mol. The number of amides is 1. The summed E-state index contributed by atoms with van der Waals surface area (Å²) in [6.07, 6.45) is 0.208. The summed E-state index contributed by atoms with van der Waals surface area (Å²) in [6.45, 7) is 1.83. The van der Waals surface area contributed by atoms with E-state index in [4.69, 9.17) is 5.73 Å². The summed E-state index contributed by atoms with van der Waals surface area (Å²) in [7, 11) is 0. The van der Waals surface area contributed by atoms with Crippen LogP contribution < -0.4 is 11.1 Å². The lowest BCUT2D eigenvalue weighted by atomic mass is 10.2. The minimum Gasteiger partial charge on any atom is -0.370 e. The van der Waals surface area contributed by atoms with E-state index in [1.807, 2.05) is 6.92 Å². The molecule has 1 heterocycles. The Morgan fingerprint density at radius 3 is 2.85 bits per heavy atom. The Hall–Kier alpha value is -2.70. The van der Waals surface area contributed by atoms with E-state index in [-0.39, 0.29) is 24.1 Å². The van der Waals surface area contributed by atoms with Crippen molar-refractivity contribution in [3.63, 3.8) is 0 Å². The van der Waals surface area contributed by atoms with Gasteiger partial charge in [0.2, 0.25) is 5.91 Å². The number of hydrogen-bond acceptors (Lipinski definition) is 5. The number of carbonyl (C=O) groups excluding carboxylic acids is 1. The summed E-state index contributed by atoms with van der Waals surface area (Å²) >= 11 is 0. The molecule has 2 rings (SSSR count). The molecular formula is C13H14N4O3. The van der Waals surface area contributed by atoms with Crippen LogP contribution in [0.15, 0.2) is 30.3 Å². The zero-order valence-corrected chi connectivity index (χ0v) is 10.9. The Kier molecular flexibility index (Phi) is 3.79. The van der Waals surface area contributed by atoms with Crippen molar-refractivity contribution in [3.8, 4) is 0 Å². The number of nitro benzene ring substituents is 1. The molecule has 0 radical (unpaired) electrons. The van der Waals surface area contributed by atoms with Gasteiger partial charge in [-0.05, 0) is 25.1 Å². The van der Waals surface area contributed by atoms with Gasteiger partial charge >= 0.3 is 0 Å². The highest BCUT2D eigenvalue weighted by Crippen LogP contribution is 2.21. The normalized spacial score (nSPS) is 12.1. The van der Waals surface area contributed by atoms with E-state index < -0.39 is 4.92 Å². The predicted molar refractivity (Wildman–Crippen MR) is 75.3 cm³/mol. The van der Waals surface area contributed by atoms with E-state index in [2.05, 4.69) is 10.3 Å². The van der Waals surface area contributed by atoms with Gasteiger partial charge in [0.15, 0.2) is 0 Å². The van der Waals surface area contributed by atoms with E-state index in [0.717, 1.165) is 0 Å². The molecule has 104 valence electrons. The van der Waals surface area contributed by atoms with Crippen LogP contribution in [0.5, 0.6) is 0 Å². The molecule has 3 N–H and O–H groups in total. The van der Waals surface area contributed by atoms with Crippen molar-refractivity contribution >= 4 is 28.3 Å². The maximum atomic E-state index is 10.8. The van der Waals surface area contributed by atoms with Crippen molar-refractivity contribution in [2.75, 3.05) is 5.32 Å². The molecule has 0 aliphatic carbocycles. The molecule has 0 bridgehead atoms. The SMILES string of the molecule is CC(CC(N)=O)Nc1ccc2cc([N+](=O)[O-])ccc2n1. The molecule has 1 unspecified atom stereocenters. The van der Waals surface area contributed by atoms with Gasteiger partial charge in [-0.15, -0.1) is 0 Å². The van der Waals surface area contributed by atoms with Crippen LogP contribution >= 0.6 is 0 Å². The van der Waals surface area contributed by atoms with Gasteiger partial charge in [0.25, 0.3) is 5.69 Å². The molecule has 1 aromatic carbocycles. The first-order valence-electron chi connectivity index (χ1n) is 6.06. The molecular weight excluding hydrogens is 260 g/mol. The summed E-state index contributed by atoms with van der Waals surface area (Å²) in [5, 5.41) is 14.4. The number of non-ortho nitro benzene ring substituents is 1. The first-order chi connectivity index (χ1) is 9.45. The number of nitrogens with two attached hydrogens (primary N) is 1. The summed E-state index contributed by atoms with van der Waals surface area (Å²) in [4.78, 5) is 25.4. The quantitative estimate of drug-likeness (QED) is 0.638. The highest BCUT2D eigenvalue weighted by atomic mass is 16.6. The van der Waals surface area contributed by atoms with Gasteiger partial charge in [-0.2, -0.15) is 0 Å². The Morgan fingerprint density at radius 1 is 1.45 bits per heavy atom. The molecule has 7 heteroatoms. The number of carbonyl (C=O) groups is 1. The summed E-state index contributed by atoms with van der Waals surface area (Å²) in [5.74, 6) is 0.210. The van der Waals surface area contributed by atoms with E-state index in [1.165, 1.54) is 12.1 Å². The summed E-state index contributed by atoms with van der Waals surface area (Å²) < 4.78 is 0. The van der Waals surface area contributed by atoms with E-state index in [0.29, 0.717) is 16.7 Å². The number of fused-ring (bicyclic) bond motifs is 1. The first kappa shape index (κ1) is 13.7. The smallest absolute Gasteiger partial charge is 0.270 e. The zero-order chi connectivity index (χ0) is 14.7. The molecule has 2 aromatic rings. The fourth-order valence-electron chi connectivity index (χ4n) is 1.91. The van der Waals surface area contributed by atoms with Crippen molar-refractivity contribution in [1.82, 2.24) is 4.98 Å². The van der Waals surface area contributed by atoms with Gasteiger partial charge in [0.05, 0.1) is 10.4 Å². The van der Waals surface area contributed by atoms with E-state index in [1.54, 1.807) is 18.2 Å². The molecule has 0 saturated carbocycles. The first-order valence-corrected chi connectivity index (χ1v) is 6.06. The maximum absolute atomic E-state index is 10.8. The number of aromatic nitrogens is 1. The second-order valence-electron chi connectivity index (χ2n) is 4.55. The number of nitro groups is 1.